The van der Waals surface area contributed by atoms with E-state index in [4.69, 9.17) is 16.3 Å². The van der Waals surface area contributed by atoms with E-state index in [2.05, 4.69) is 9.72 Å². The maximum atomic E-state index is 13.8. The maximum Gasteiger partial charge on any atom is 0.394 e. The highest BCUT2D eigenvalue weighted by molar-refractivity contribution is 6.30. The summed E-state index contributed by atoms with van der Waals surface area (Å²) in [4.78, 5) is 34.1. The molecule has 2 amide bonds. The lowest BCUT2D eigenvalue weighted by Crippen LogP contribution is -2.52. The minimum absolute atomic E-state index is 0.0196. The minimum atomic E-state index is -3.39. The van der Waals surface area contributed by atoms with Gasteiger partial charge in [-0.2, -0.15) is 13.8 Å². The fourth-order valence-electron chi connectivity index (χ4n) is 4.46. The molecular weight excluding hydrogens is 522 g/mol. The molecule has 0 unspecified atom stereocenters. The van der Waals surface area contributed by atoms with E-state index >= 15 is 0 Å². The van der Waals surface area contributed by atoms with Crippen LogP contribution < -0.4 is 14.4 Å². The van der Waals surface area contributed by atoms with Crippen LogP contribution in [0.5, 0.6) is 17.5 Å². The van der Waals surface area contributed by atoms with Crippen molar-refractivity contribution in [3.63, 3.8) is 0 Å². The molecule has 12 heteroatoms. The van der Waals surface area contributed by atoms with Crippen molar-refractivity contribution < 1.29 is 33.0 Å². The number of likely N-dealkylation sites (N-methyl/N-ethyl adjacent to an activating group) is 1. The number of aromatic nitrogens is 2. The lowest BCUT2D eigenvalue weighted by atomic mass is 9.88. The van der Waals surface area contributed by atoms with Crippen molar-refractivity contribution in [3.8, 4) is 17.5 Å². The Bertz CT molecular complexity index is 1370. The Morgan fingerprint density at radius 3 is 2.47 bits per heavy atom. The molecule has 0 radical (unpaired) electrons. The first-order chi connectivity index (χ1) is 18.0. The second-order valence-corrected chi connectivity index (χ2v) is 9.87. The number of carbonyl (C=O) groups excluding carboxylic acids is 2. The van der Waals surface area contributed by atoms with Crippen LogP contribution in [0.4, 0.5) is 14.6 Å². The molecule has 0 spiro atoms. The summed E-state index contributed by atoms with van der Waals surface area (Å²) in [5, 5.41) is 10.4. The van der Waals surface area contributed by atoms with Gasteiger partial charge in [0, 0.05) is 31.1 Å². The normalized spacial score (nSPS) is 19.6. The van der Waals surface area contributed by atoms with Crippen LogP contribution in [0.1, 0.15) is 35.8 Å². The molecular formula is C26H25ClF2N4O5. The molecule has 0 saturated heterocycles. The number of aliphatic hydroxyl groups is 1. The molecule has 38 heavy (non-hydrogen) atoms. The van der Waals surface area contributed by atoms with E-state index < -0.39 is 18.1 Å². The zero-order valence-electron chi connectivity index (χ0n) is 20.6. The molecule has 9 nitrogen and oxygen atoms in total. The van der Waals surface area contributed by atoms with Gasteiger partial charge in [-0.05, 0) is 42.7 Å². The van der Waals surface area contributed by atoms with Gasteiger partial charge in [0.15, 0.2) is 11.5 Å². The van der Waals surface area contributed by atoms with Crippen LogP contribution in [-0.2, 0) is 11.3 Å². The van der Waals surface area contributed by atoms with E-state index in [0.717, 1.165) is 5.56 Å². The molecule has 0 bridgehead atoms. The smallest absolute Gasteiger partial charge is 0.394 e. The number of carbonyl (C=O) groups is 2. The topological polar surface area (TPSA) is 97.1 Å². The zero-order chi connectivity index (χ0) is 27.2. The summed E-state index contributed by atoms with van der Waals surface area (Å²) < 4.78 is 39.0. The van der Waals surface area contributed by atoms with Crippen molar-refractivity contribution in [3.05, 3.63) is 64.8 Å². The molecule has 1 aromatic heterocycles. The van der Waals surface area contributed by atoms with Crippen molar-refractivity contribution in [2.24, 2.45) is 0 Å². The molecule has 2 aliphatic rings. The van der Waals surface area contributed by atoms with E-state index in [1.54, 1.807) is 28.8 Å². The summed E-state index contributed by atoms with van der Waals surface area (Å²) in [5.41, 5.74) is 0.913. The molecule has 5 rings (SSSR count). The number of ether oxygens (including phenoxy) is 2. The van der Waals surface area contributed by atoms with Crippen molar-refractivity contribution in [1.82, 2.24) is 14.5 Å². The maximum absolute atomic E-state index is 13.8. The molecule has 1 N–H and O–H groups in total. The van der Waals surface area contributed by atoms with E-state index in [1.807, 2.05) is 0 Å². The Kier molecular flexibility index (Phi) is 6.74. The molecule has 200 valence electrons. The number of amides is 2. The standard InChI is InChI=1S/C26H25ClF2N4O5/c1-26(28,29)38-20-5-3-4-19(12-20)37-25-30-23-22(33(25)13-15-6-8-16(27)9-7-15)24(36)32(14-21(35)31(23)2)17-10-18(34)11-17/h3-9,12,17-18,34H,10-11,13-14H2,1-2H3. The predicted molar refractivity (Wildman–Crippen MR) is 134 cm³/mol. The van der Waals surface area contributed by atoms with E-state index in [9.17, 15) is 23.5 Å². The first-order valence-electron chi connectivity index (χ1n) is 11.9. The highest BCUT2D eigenvalue weighted by atomic mass is 35.5. The highest BCUT2D eigenvalue weighted by Gasteiger charge is 2.42. The minimum Gasteiger partial charge on any atom is -0.433 e. The molecule has 2 aromatic carbocycles. The van der Waals surface area contributed by atoms with Crippen molar-refractivity contribution in [2.75, 3.05) is 18.5 Å². The fourth-order valence-corrected chi connectivity index (χ4v) is 4.59. The summed E-state index contributed by atoms with van der Waals surface area (Å²) in [6.07, 6.45) is -3.16. The van der Waals surface area contributed by atoms with Crippen LogP contribution in [0.3, 0.4) is 0 Å². The summed E-state index contributed by atoms with van der Waals surface area (Å²) in [7, 11) is 1.52. The van der Waals surface area contributed by atoms with Gasteiger partial charge in [0.25, 0.3) is 5.91 Å². The summed E-state index contributed by atoms with van der Waals surface area (Å²) >= 11 is 6.04. The van der Waals surface area contributed by atoms with Crippen molar-refractivity contribution in [1.29, 1.82) is 0 Å². The van der Waals surface area contributed by atoms with E-state index in [1.165, 1.54) is 41.1 Å². The highest BCUT2D eigenvalue weighted by Crippen LogP contribution is 2.36. The number of rotatable bonds is 7. The lowest BCUT2D eigenvalue weighted by Gasteiger charge is -2.39. The summed E-state index contributed by atoms with van der Waals surface area (Å²) in [5.74, 6) is -0.635. The average molecular weight is 547 g/mol. The molecule has 3 aromatic rings. The molecule has 1 fully saturated rings. The van der Waals surface area contributed by atoms with Gasteiger partial charge in [0.1, 0.15) is 18.0 Å². The van der Waals surface area contributed by atoms with Gasteiger partial charge < -0.3 is 19.5 Å². The molecule has 1 aliphatic carbocycles. The number of nitrogens with zero attached hydrogens (tertiary/aromatic N) is 4. The van der Waals surface area contributed by atoms with Gasteiger partial charge in [-0.25, -0.2) is 0 Å². The Morgan fingerprint density at radius 1 is 1.13 bits per heavy atom. The number of benzene rings is 2. The number of anilines is 1. The fraction of sp³-hybridized carbons (Fsp3) is 0.346. The summed E-state index contributed by atoms with van der Waals surface area (Å²) in [6, 6.07) is 12.3. The Morgan fingerprint density at radius 2 is 1.82 bits per heavy atom. The second-order valence-electron chi connectivity index (χ2n) is 9.43. The Labute approximate surface area is 222 Å². The zero-order valence-corrected chi connectivity index (χ0v) is 21.4. The number of halogens is 3. The van der Waals surface area contributed by atoms with Gasteiger partial charge in [0.05, 0.1) is 12.6 Å². The number of hydrogen-bond acceptors (Lipinski definition) is 6. The van der Waals surface area contributed by atoms with Crippen LogP contribution in [-0.4, -0.2) is 63.2 Å². The van der Waals surface area contributed by atoms with Crippen LogP contribution in [0.25, 0.3) is 0 Å². The lowest BCUT2D eigenvalue weighted by molar-refractivity contribution is -0.159. The number of alkyl halides is 2. The van der Waals surface area contributed by atoms with Gasteiger partial charge in [-0.1, -0.05) is 29.8 Å². The van der Waals surface area contributed by atoms with Crippen LogP contribution >= 0.6 is 11.6 Å². The first-order valence-corrected chi connectivity index (χ1v) is 12.3. The molecule has 1 aliphatic heterocycles. The van der Waals surface area contributed by atoms with Gasteiger partial charge >= 0.3 is 12.1 Å². The van der Waals surface area contributed by atoms with E-state index in [0.29, 0.717) is 24.8 Å². The molecule has 1 saturated carbocycles. The van der Waals surface area contributed by atoms with Gasteiger partial charge in [-0.3, -0.25) is 19.1 Å². The monoisotopic (exact) mass is 546 g/mol. The SMILES string of the molecule is CN1C(=O)CN(C2CC(O)C2)C(=O)c2c1nc(Oc1cccc(OC(C)(F)F)c1)n2Cc1ccc(Cl)cc1. The van der Waals surface area contributed by atoms with Gasteiger partial charge in [-0.15, -0.1) is 0 Å². The van der Waals surface area contributed by atoms with E-state index in [-0.39, 0.29) is 54.1 Å². The van der Waals surface area contributed by atoms with Crippen LogP contribution in [0.15, 0.2) is 48.5 Å². The quantitative estimate of drug-likeness (QED) is 0.474. The number of fused-ring (bicyclic) bond motifs is 1. The number of hydrogen-bond donors (Lipinski definition) is 1. The van der Waals surface area contributed by atoms with Crippen molar-refractivity contribution >= 4 is 29.2 Å². The van der Waals surface area contributed by atoms with Gasteiger partial charge in [0.2, 0.25) is 5.91 Å². The third-order valence-corrected chi connectivity index (χ3v) is 6.72. The Hall–Kier alpha value is -3.70. The predicted octanol–water partition coefficient (Wildman–Crippen LogP) is 4.31. The summed E-state index contributed by atoms with van der Waals surface area (Å²) in [6.45, 7) is 0.624. The molecule has 0 atom stereocenters. The van der Waals surface area contributed by atoms with Crippen LogP contribution in [0, 0.1) is 0 Å². The number of aliphatic hydroxyl groups excluding tert-OH is 1. The first kappa shape index (κ1) is 25.9. The molecule has 2 heterocycles. The third kappa shape index (κ3) is 5.30. The Balaban J connectivity index is 1.58. The van der Waals surface area contributed by atoms with Crippen molar-refractivity contribution in [2.45, 2.75) is 44.6 Å². The number of imidazole rings is 1. The van der Waals surface area contributed by atoms with Crippen LogP contribution in [0.2, 0.25) is 5.02 Å². The largest absolute Gasteiger partial charge is 0.433 e. The second kappa shape index (κ2) is 9.88. The average Bonchev–Trinajstić information content (AvgIpc) is 3.13. The third-order valence-electron chi connectivity index (χ3n) is 6.47.